The molecule has 0 bridgehead atoms. The van der Waals surface area contributed by atoms with Gasteiger partial charge < -0.3 is 5.32 Å². The number of aromatic nitrogens is 2. The van der Waals surface area contributed by atoms with Crippen LogP contribution in [0.2, 0.25) is 5.28 Å². The van der Waals surface area contributed by atoms with Gasteiger partial charge in [-0.2, -0.15) is 13.2 Å². The number of nitrogens with one attached hydrogen (secondary N) is 1. The first-order valence-electron chi connectivity index (χ1n) is 5.64. The fourth-order valence-corrected chi connectivity index (χ4v) is 2.10. The van der Waals surface area contributed by atoms with Gasteiger partial charge in [-0.3, -0.25) is 0 Å². The van der Waals surface area contributed by atoms with Crippen molar-refractivity contribution in [2.24, 2.45) is 5.41 Å². The highest BCUT2D eigenvalue weighted by Gasteiger charge is 2.34. The molecule has 18 heavy (non-hydrogen) atoms. The molecule has 0 aliphatic heterocycles. The molecule has 1 aliphatic carbocycles. The zero-order chi connectivity index (χ0) is 13.4. The van der Waals surface area contributed by atoms with Crippen LogP contribution in [0.5, 0.6) is 0 Å². The summed E-state index contributed by atoms with van der Waals surface area (Å²) >= 11 is 5.49. The van der Waals surface area contributed by atoms with E-state index in [-0.39, 0.29) is 11.2 Å². The average Bonchev–Trinajstić information content (AvgIpc) is 2.22. The van der Waals surface area contributed by atoms with Crippen molar-refractivity contribution in [3.8, 4) is 0 Å². The summed E-state index contributed by atoms with van der Waals surface area (Å²) in [6.07, 6.45) is -1.20. The van der Waals surface area contributed by atoms with Crippen LogP contribution < -0.4 is 5.32 Å². The summed E-state index contributed by atoms with van der Waals surface area (Å²) in [7, 11) is 0. The largest absolute Gasteiger partial charge is 0.433 e. The minimum atomic E-state index is -4.51. The molecular weight excluding hydrogens is 267 g/mol. The maximum Gasteiger partial charge on any atom is 0.433 e. The molecule has 3 nitrogen and oxygen atoms in total. The van der Waals surface area contributed by atoms with E-state index in [1.165, 1.54) is 0 Å². The van der Waals surface area contributed by atoms with Crippen molar-refractivity contribution >= 4 is 17.4 Å². The second-order valence-electron chi connectivity index (χ2n) is 4.92. The molecule has 1 heterocycles. The summed E-state index contributed by atoms with van der Waals surface area (Å²) in [5.41, 5.74) is -0.876. The van der Waals surface area contributed by atoms with E-state index in [2.05, 4.69) is 22.2 Å². The lowest BCUT2D eigenvalue weighted by Crippen LogP contribution is -2.33. The second kappa shape index (κ2) is 4.57. The van der Waals surface area contributed by atoms with Gasteiger partial charge in [-0.1, -0.05) is 13.3 Å². The lowest BCUT2D eigenvalue weighted by atomic mass is 9.70. The lowest BCUT2D eigenvalue weighted by Gasteiger charge is -2.38. The van der Waals surface area contributed by atoms with Crippen LogP contribution in [0.15, 0.2) is 6.07 Å². The molecule has 0 aromatic carbocycles. The number of hydrogen-bond donors (Lipinski definition) is 1. The van der Waals surface area contributed by atoms with Crippen molar-refractivity contribution < 1.29 is 13.2 Å². The molecule has 0 amide bonds. The molecule has 0 saturated heterocycles. The second-order valence-corrected chi connectivity index (χ2v) is 5.26. The molecule has 1 N–H and O–H groups in total. The van der Waals surface area contributed by atoms with Crippen LogP contribution in [-0.4, -0.2) is 16.5 Å². The van der Waals surface area contributed by atoms with Crippen LogP contribution in [0.1, 0.15) is 31.9 Å². The van der Waals surface area contributed by atoms with Crippen molar-refractivity contribution in [1.29, 1.82) is 0 Å². The van der Waals surface area contributed by atoms with E-state index in [0.717, 1.165) is 25.3 Å². The Morgan fingerprint density at radius 1 is 1.39 bits per heavy atom. The molecule has 1 aromatic rings. The Bertz CT molecular complexity index is 444. The first-order chi connectivity index (χ1) is 8.28. The minimum Gasteiger partial charge on any atom is -0.369 e. The van der Waals surface area contributed by atoms with E-state index >= 15 is 0 Å². The van der Waals surface area contributed by atoms with Crippen LogP contribution in [0.4, 0.5) is 19.0 Å². The van der Waals surface area contributed by atoms with Gasteiger partial charge in [0, 0.05) is 12.6 Å². The number of hydrogen-bond acceptors (Lipinski definition) is 3. The average molecular weight is 280 g/mol. The number of nitrogens with zero attached hydrogens (tertiary/aromatic N) is 2. The van der Waals surface area contributed by atoms with Gasteiger partial charge in [-0.25, -0.2) is 9.97 Å². The van der Waals surface area contributed by atoms with Crippen LogP contribution in [-0.2, 0) is 6.18 Å². The topological polar surface area (TPSA) is 37.8 Å². The molecule has 2 rings (SSSR count). The molecular formula is C11H13ClF3N3. The highest BCUT2D eigenvalue weighted by atomic mass is 35.5. The summed E-state index contributed by atoms with van der Waals surface area (Å²) in [6.45, 7) is 2.69. The molecule has 7 heteroatoms. The summed E-state index contributed by atoms with van der Waals surface area (Å²) in [5.74, 6) is 0.121. The normalized spacial score (nSPS) is 18.3. The summed E-state index contributed by atoms with van der Waals surface area (Å²) in [5, 5.41) is 2.51. The molecule has 0 radical (unpaired) electrons. The third kappa shape index (κ3) is 3.04. The van der Waals surface area contributed by atoms with Crippen molar-refractivity contribution in [1.82, 2.24) is 9.97 Å². The van der Waals surface area contributed by atoms with Crippen LogP contribution in [0.25, 0.3) is 0 Å². The molecule has 1 fully saturated rings. The summed E-state index contributed by atoms with van der Waals surface area (Å²) in [6, 6.07) is 0.883. The number of halogens is 4. The Kier molecular flexibility index (Phi) is 3.40. The van der Waals surface area contributed by atoms with E-state index in [4.69, 9.17) is 11.6 Å². The van der Waals surface area contributed by atoms with Crippen LogP contribution in [0, 0.1) is 5.41 Å². The van der Waals surface area contributed by atoms with E-state index in [9.17, 15) is 13.2 Å². The van der Waals surface area contributed by atoms with E-state index in [1.54, 1.807) is 0 Å². The van der Waals surface area contributed by atoms with Gasteiger partial charge >= 0.3 is 6.18 Å². The molecule has 0 spiro atoms. The van der Waals surface area contributed by atoms with Crippen molar-refractivity contribution in [2.45, 2.75) is 32.4 Å². The van der Waals surface area contributed by atoms with Gasteiger partial charge in [0.25, 0.3) is 0 Å². The number of alkyl halides is 3. The summed E-state index contributed by atoms with van der Waals surface area (Å²) < 4.78 is 37.6. The Morgan fingerprint density at radius 2 is 2.06 bits per heavy atom. The molecule has 1 aliphatic rings. The zero-order valence-electron chi connectivity index (χ0n) is 9.81. The van der Waals surface area contributed by atoms with Gasteiger partial charge in [0.05, 0.1) is 0 Å². The minimum absolute atomic E-state index is 0.121. The Morgan fingerprint density at radius 3 is 2.56 bits per heavy atom. The van der Waals surface area contributed by atoms with Crippen LogP contribution in [0.3, 0.4) is 0 Å². The first kappa shape index (κ1) is 13.4. The maximum absolute atomic E-state index is 12.5. The zero-order valence-corrected chi connectivity index (χ0v) is 10.6. The third-order valence-electron chi connectivity index (χ3n) is 3.25. The Balaban J connectivity index is 2.10. The predicted molar refractivity (Wildman–Crippen MR) is 62.5 cm³/mol. The van der Waals surface area contributed by atoms with Crippen molar-refractivity contribution in [3.63, 3.8) is 0 Å². The van der Waals surface area contributed by atoms with Gasteiger partial charge in [0.2, 0.25) is 5.28 Å². The van der Waals surface area contributed by atoms with E-state index in [1.807, 2.05) is 0 Å². The SMILES string of the molecule is CC1(CNc2cc(C(F)(F)F)nc(Cl)n2)CCC1. The quantitative estimate of drug-likeness (QED) is 0.856. The lowest BCUT2D eigenvalue weighted by molar-refractivity contribution is -0.141. The molecule has 0 unspecified atom stereocenters. The van der Waals surface area contributed by atoms with Gasteiger partial charge in [0.15, 0.2) is 5.69 Å². The van der Waals surface area contributed by atoms with Gasteiger partial charge in [-0.05, 0) is 29.9 Å². The maximum atomic E-state index is 12.5. The van der Waals surface area contributed by atoms with Gasteiger partial charge in [-0.15, -0.1) is 0 Å². The Hall–Kier alpha value is -1.04. The fraction of sp³-hybridized carbons (Fsp3) is 0.636. The van der Waals surface area contributed by atoms with Crippen LogP contribution >= 0.6 is 11.6 Å². The van der Waals surface area contributed by atoms with Crippen molar-refractivity contribution in [3.05, 3.63) is 17.0 Å². The third-order valence-corrected chi connectivity index (χ3v) is 3.42. The van der Waals surface area contributed by atoms with E-state index < -0.39 is 17.2 Å². The first-order valence-corrected chi connectivity index (χ1v) is 6.02. The predicted octanol–water partition coefficient (Wildman–Crippen LogP) is 3.75. The highest BCUT2D eigenvalue weighted by molar-refractivity contribution is 6.28. The molecule has 100 valence electrons. The van der Waals surface area contributed by atoms with Gasteiger partial charge in [0.1, 0.15) is 5.82 Å². The highest BCUT2D eigenvalue weighted by Crippen LogP contribution is 2.40. The number of anilines is 1. The Labute approximate surface area is 108 Å². The fourth-order valence-electron chi connectivity index (χ4n) is 1.91. The smallest absolute Gasteiger partial charge is 0.369 e. The molecule has 1 aromatic heterocycles. The van der Waals surface area contributed by atoms with E-state index in [0.29, 0.717) is 6.54 Å². The van der Waals surface area contributed by atoms with Crippen molar-refractivity contribution in [2.75, 3.05) is 11.9 Å². The molecule has 1 saturated carbocycles. The standard InChI is InChI=1S/C11H13ClF3N3/c1-10(3-2-4-10)6-16-8-5-7(11(13,14)15)17-9(12)18-8/h5H,2-4,6H2,1H3,(H,16,17,18). The monoisotopic (exact) mass is 279 g/mol. The molecule has 0 atom stereocenters. The number of rotatable bonds is 3. The summed E-state index contributed by atoms with van der Waals surface area (Å²) in [4.78, 5) is 6.93.